The van der Waals surface area contributed by atoms with E-state index < -0.39 is 0 Å². The van der Waals surface area contributed by atoms with Crippen molar-refractivity contribution in [1.29, 1.82) is 0 Å². The van der Waals surface area contributed by atoms with Crippen molar-refractivity contribution in [3.63, 3.8) is 0 Å². The van der Waals surface area contributed by atoms with Gasteiger partial charge in [0.1, 0.15) is 5.56 Å². The quantitative estimate of drug-likeness (QED) is 0.922. The van der Waals surface area contributed by atoms with Crippen LogP contribution in [0.25, 0.3) is 0 Å². The van der Waals surface area contributed by atoms with E-state index in [-0.39, 0.29) is 22.9 Å². The maximum Gasteiger partial charge on any atom is 0.259 e. The summed E-state index contributed by atoms with van der Waals surface area (Å²) in [4.78, 5) is 32.7. The first-order chi connectivity index (χ1) is 9.59. The molecule has 0 radical (unpaired) electrons. The molecular weight excluding hydrogens is 254 g/mol. The van der Waals surface area contributed by atoms with Crippen LogP contribution in [0.1, 0.15) is 29.8 Å². The van der Waals surface area contributed by atoms with Gasteiger partial charge in [0.05, 0.1) is 0 Å². The van der Waals surface area contributed by atoms with Crippen molar-refractivity contribution >= 4 is 5.91 Å². The van der Waals surface area contributed by atoms with Crippen molar-refractivity contribution < 1.29 is 4.79 Å². The second-order valence-corrected chi connectivity index (χ2v) is 4.81. The third-order valence-electron chi connectivity index (χ3n) is 3.01. The minimum Gasteiger partial charge on any atom is -0.367 e. The van der Waals surface area contributed by atoms with Crippen LogP contribution >= 0.6 is 0 Å². The normalized spacial score (nSPS) is 10.6. The van der Waals surface area contributed by atoms with Crippen LogP contribution in [0, 0.1) is 0 Å². The van der Waals surface area contributed by atoms with Crippen molar-refractivity contribution in [2.75, 3.05) is 0 Å². The average molecular weight is 271 g/mol. The molecule has 5 heteroatoms. The zero-order chi connectivity index (χ0) is 14.5. The SMILES string of the molecule is CC(C)N(Cc1cccnc1)C(=O)c1c[nH]ccc1=O. The maximum absolute atomic E-state index is 12.5. The summed E-state index contributed by atoms with van der Waals surface area (Å²) < 4.78 is 0. The molecule has 0 saturated carbocycles. The van der Waals surface area contributed by atoms with Crippen molar-refractivity contribution in [3.05, 3.63) is 64.3 Å². The summed E-state index contributed by atoms with van der Waals surface area (Å²) in [5.41, 5.74) is 0.817. The Bertz CT molecular complexity index is 635. The third kappa shape index (κ3) is 3.12. The molecule has 104 valence electrons. The molecule has 1 amide bonds. The summed E-state index contributed by atoms with van der Waals surface area (Å²) in [6, 6.07) is 5.08. The lowest BCUT2D eigenvalue weighted by Crippen LogP contribution is -2.38. The molecule has 2 rings (SSSR count). The average Bonchev–Trinajstić information content (AvgIpc) is 2.45. The lowest BCUT2D eigenvalue weighted by molar-refractivity contribution is 0.0688. The molecule has 0 saturated heterocycles. The van der Waals surface area contributed by atoms with Gasteiger partial charge in [-0.05, 0) is 25.5 Å². The number of aromatic nitrogens is 2. The summed E-state index contributed by atoms with van der Waals surface area (Å²) in [7, 11) is 0. The standard InChI is InChI=1S/C15H17N3O2/c1-11(2)18(10-12-4-3-6-16-8-12)15(20)13-9-17-7-5-14(13)19/h3-9,11H,10H2,1-2H3,(H,17,19). The number of hydrogen-bond acceptors (Lipinski definition) is 3. The predicted molar refractivity (Wildman–Crippen MR) is 76.3 cm³/mol. The van der Waals surface area contributed by atoms with Gasteiger partial charge < -0.3 is 9.88 Å². The smallest absolute Gasteiger partial charge is 0.259 e. The number of pyridine rings is 2. The number of nitrogens with zero attached hydrogens (tertiary/aromatic N) is 2. The van der Waals surface area contributed by atoms with Crippen molar-refractivity contribution in [1.82, 2.24) is 14.9 Å². The van der Waals surface area contributed by atoms with E-state index in [0.29, 0.717) is 6.54 Å². The van der Waals surface area contributed by atoms with E-state index in [2.05, 4.69) is 9.97 Å². The topological polar surface area (TPSA) is 66.1 Å². The highest BCUT2D eigenvalue weighted by Gasteiger charge is 2.21. The number of rotatable bonds is 4. The molecule has 0 fully saturated rings. The van der Waals surface area contributed by atoms with Crippen LogP contribution in [0.5, 0.6) is 0 Å². The number of carbonyl (C=O) groups is 1. The van der Waals surface area contributed by atoms with Crippen LogP contribution in [-0.4, -0.2) is 26.8 Å². The summed E-state index contributed by atoms with van der Waals surface area (Å²) in [6.07, 6.45) is 6.37. The maximum atomic E-state index is 12.5. The molecule has 0 atom stereocenters. The molecule has 0 unspecified atom stereocenters. The minimum absolute atomic E-state index is 0.0117. The first-order valence-corrected chi connectivity index (χ1v) is 6.46. The Morgan fingerprint density at radius 1 is 1.40 bits per heavy atom. The number of aromatic amines is 1. The zero-order valence-corrected chi connectivity index (χ0v) is 11.5. The summed E-state index contributed by atoms with van der Waals surface area (Å²) in [6.45, 7) is 4.27. The zero-order valence-electron chi connectivity index (χ0n) is 11.5. The van der Waals surface area contributed by atoms with Crippen molar-refractivity contribution in [2.45, 2.75) is 26.4 Å². The van der Waals surface area contributed by atoms with Gasteiger partial charge in [0.15, 0.2) is 5.43 Å². The Morgan fingerprint density at radius 3 is 2.80 bits per heavy atom. The highest BCUT2D eigenvalue weighted by atomic mass is 16.2. The lowest BCUT2D eigenvalue weighted by Gasteiger charge is -2.26. The fourth-order valence-corrected chi connectivity index (χ4v) is 1.92. The molecule has 1 N–H and O–H groups in total. The minimum atomic E-state index is -0.273. The summed E-state index contributed by atoms with van der Waals surface area (Å²) >= 11 is 0. The number of amides is 1. The summed E-state index contributed by atoms with van der Waals surface area (Å²) in [5.74, 6) is -0.272. The van der Waals surface area contributed by atoms with Crippen LogP contribution in [0.2, 0.25) is 0 Å². The van der Waals surface area contributed by atoms with Gasteiger partial charge in [0.25, 0.3) is 5.91 Å². The number of carbonyl (C=O) groups excluding carboxylic acids is 1. The van der Waals surface area contributed by atoms with Crippen molar-refractivity contribution in [2.24, 2.45) is 0 Å². The Hall–Kier alpha value is -2.43. The first kappa shape index (κ1) is 14.0. The van der Waals surface area contributed by atoms with Gasteiger partial charge in [-0.1, -0.05) is 6.07 Å². The van der Waals surface area contributed by atoms with Crippen LogP contribution in [0.4, 0.5) is 0 Å². The Labute approximate surface area is 117 Å². The molecular formula is C15H17N3O2. The third-order valence-corrected chi connectivity index (χ3v) is 3.01. The molecule has 0 aliphatic carbocycles. The highest BCUT2D eigenvalue weighted by molar-refractivity contribution is 5.93. The molecule has 0 aliphatic rings. The predicted octanol–water partition coefficient (Wildman–Crippen LogP) is 1.82. The molecule has 2 aromatic heterocycles. The van der Waals surface area contributed by atoms with E-state index in [4.69, 9.17) is 0 Å². The van der Waals surface area contributed by atoms with Crippen LogP contribution in [0.3, 0.4) is 0 Å². The van der Waals surface area contributed by atoms with E-state index in [1.165, 1.54) is 18.5 Å². The first-order valence-electron chi connectivity index (χ1n) is 6.46. The highest BCUT2D eigenvalue weighted by Crippen LogP contribution is 2.10. The molecule has 2 heterocycles. The molecule has 5 nitrogen and oxygen atoms in total. The molecule has 2 aromatic rings. The van der Waals surface area contributed by atoms with Crippen molar-refractivity contribution in [3.8, 4) is 0 Å². The van der Waals surface area contributed by atoms with E-state index >= 15 is 0 Å². The van der Waals surface area contributed by atoms with Gasteiger partial charge in [-0.2, -0.15) is 0 Å². The molecule has 0 spiro atoms. The van der Waals surface area contributed by atoms with E-state index in [9.17, 15) is 9.59 Å². The van der Waals surface area contributed by atoms with Gasteiger partial charge >= 0.3 is 0 Å². The fourth-order valence-electron chi connectivity index (χ4n) is 1.92. The van der Waals surface area contributed by atoms with Gasteiger partial charge in [-0.15, -0.1) is 0 Å². The van der Waals surface area contributed by atoms with Crippen LogP contribution < -0.4 is 5.43 Å². The number of nitrogens with one attached hydrogen (secondary N) is 1. The number of hydrogen-bond donors (Lipinski definition) is 1. The second kappa shape index (κ2) is 6.14. The van der Waals surface area contributed by atoms with Gasteiger partial charge in [-0.25, -0.2) is 0 Å². The van der Waals surface area contributed by atoms with E-state index in [1.54, 1.807) is 17.3 Å². The number of H-pyrrole nitrogens is 1. The van der Waals surface area contributed by atoms with E-state index in [1.807, 2.05) is 26.0 Å². The van der Waals surface area contributed by atoms with Gasteiger partial charge in [0.2, 0.25) is 0 Å². The largest absolute Gasteiger partial charge is 0.367 e. The summed E-state index contributed by atoms with van der Waals surface area (Å²) in [5, 5.41) is 0. The fraction of sp³-hybridized carbons (Fsp3) is 0.267. The van der Waals surface area contributed by atoms with E-state index in [0.717, 1.165) is 5.56 Å². The molecule has 0 bridgehead atoms. The van der Waals surface area contributed by atoms with Crippen LogP contribution in [-0.2, 0) is 6.54 Å². The Kier molecular flexibility index (Phi) is 4.30. The van der Waals surface area contributed by atoms with Gasteiger partial charge in [-0.3, -0.25) is 14.6 Å². The van der Waals surface area contributed by atoms with Gasteiger partial charge in [0, 0.05) is 43.4 Å². The Balaban J connectivity index is 2.28. The Morgan fingerprint density at radius 2 is 2.20 bits per heavy atom. The molecule has 0 aromatic carbocycles. The lowest BCUT2D eigenvalue weighted by atomic mass is 10.1. The molecule has 0 aliphatic heterocycles. The monoisotopic (exact) mass is 271 g/mol. The molecule has 20 heavy (non-hydrogen) atoms. The second-order valence-electron chi connectivity index (χ2n) is 4.81. The van der Waals surface area contributed by atoms with Crippen LogP contribution in [0.15, 0.2) is 47.8 Å².